The molecular weight excluding hydrogens is 285 g/mol. The van der Waals surface area contributed by atoms with Crippen molar-refractivity contribution in [2.45, 2.75) is 18.9 Å². The fourth-order valence-corrected chi connectivity index (χ4v) is 3.65. The average molecular weight is 298 g/mol. The van der Waals surface area contributed by atoms with E-state index in [0.29, 0.717) is 16.0 Å². The molecule has 0 bridgehead atoms. The first-order chi connectivity index (χ1) is 8.66. The van der Waals surface area contributed by atoms with Gasteiger partial charge in [0, 0.05) is 21.4 Å². The quantitative estimate of drug-likeness (QED) is 0.835. The Morgan fingerprint density at radius 1 is 1.17 bits per heavy atom. The third-order valence-electron chi connectivity index (χ3n) is 3.30. The SMILES string of the molecule is NC(c1ccc(-c2cccc(Cl)c2Cl)s1)C1CC1. The van der Waals surface area contributed by atoms with Gasteiger partial charge in [-0.1, -0.05) is 35.3 Å². The second-order valence-electron chi connectivity index (χ2n) is 4.67. The highest BCUT2D eigenvalue weighted by molar-refractivity contribution is 7.15. The molecule has 94 valence electrons. The Bertz CT molecular complexity index is 575. The highest BCUT2D eigenvalue weighted by Gasteiger charge is 2.30. The van der Waals surface area contributed by atoms with Crippen LogP contribution in [-0.2, 0) is 0 Å². The standard InChI is InChI=1S/C14H13Cl2NS/c15-10-3-1-2-9(13(10)16)11-6-7-12(18-11)14(17)8-4-5-8/h1-3,6-8,14H,4-5,17H2. The summed E-state index contributed by atoms with van der Waals surface area (Å²) in [7, 11) is 0. The minimum absolute atomic E-state index is 0.182. The van der Waals surface area contributed by atoms with E-state index in [0.717, 1.165) is 10.4 Å². The van der Waals surface area contributed by atoms with Crippen LogP contribution in [0.1, 0.15) is 23.8 Å². The van der Waals surface area contributed by atoms with Crippen molar-refractivity contribution in [3.05, 3.63) is 45.3 Å². The van der Waals surface area contributed by atoms with Crippen LogP contribution in [0.5, 0.6) is 0 Å². The summed E-state index contributed by atoms with van der Waals surface area (Å²) >= 11 is 14.0. The largest absolute Gasteiger partial charge is 0.323 e. The Kier molecular flexibility index (Phi) is 3.37. The topological polar surface area (TPSA) is 26.0 Å². The van der Waals surface area contributed by atoms with E-state index < -0.39 is 0 Å². The molecule has 3 rings (SSSR count). The van der Waals surface area contributed by atoms with Crippen molar-refractivity contribution in [2.24, 2.45) is 11.7 Å². The molecule has 1 aliphatic rings. The van der Waals surface area contributed by atoms with Gasteiger partial charge in [0.1, 0.15) is 0 Å². The maximum Gasteiger partial charge on any atom is 0.0678 e. The molecule has 0 saturated heterocycles. The predicted molar refractivity (Wildman–Crippen MR) is 79.4 cm³/mol. The summed E-state index contributed by atoms with van der Waals surface area (Å²) in [6.45, 7) is 0. The number of rotatable bonds is 3. The van der Waals surface area contributed by atoms with E-state index in [2.05, 4.69) is 12.1 Å². The lowest BCUT2D eigenvalue weighted by Gasteiger charge is -2.06. The molecule has 1 unspecified atom stereocenters. The average Bonchev–Trinajstić information content (AvgIpc) is 3.10. The smallest absolute Gasteiger partial charge is 0.0678 e. The molecule has 0 amide bonds. The van der Waals surface area contributed by atoms with Gasteiger partial charge in [0.25, 0.3) is 0 Å². The lowest BCUT2D eigenvalue weighted by atomic mass is 10.1. The lowest BCUT2D eigenvalue weighted by Crippen LogP contribution is -2.10. The molecule has 1 saturated carbocycles. The number of thiophene rings is 1. The van der Waals surface area contributed by atoms with Gasteiger partial charge >= 0.3 is 0 Å². The summed E-state index contributed by atoms with van der Waals surface area (Å²) in [5.74, 6) is 0.673. The van der Waals surface area contributed by atoms with E-state index in [1.807, 2.05) is 12.1 Å². The van der Waals surface area contributed by atoms with Gasteiger partial charge in [0.05, 0.1) is 10.0 Å². The molecular formula is C14H13Cl2NS. The Morgan fingerprint density at radius 2 is 1.94 bits per heavy atom. The second kappa shape index (κ2) is 4.86. The number of halogens is 2. The van der Waals surface area contributed by atoms with E-state index in [1.165, 1.54) is 17.7 Å². The maximum absolute atomic E-state index is 6.23. The molecule has 1 atom stereocenters. The van der Waals surface area contributed by atoms with E-state index >= 15 is 0 Å². The maximum atomic E-state index is 6.23. The summed E-state index contributed by atoms with van der Waals surface area (Å²) < 4.78 is 0. The molecule has 2 aromatic rings. The monoisotopic (exact) mass is 297 g/mol. The Morgan fingerprint density at radius 3 is 2.67 bits per heavy atom. The van der Waals surface area contributed by atoms with Crippen molar-refractivity contribution in [1.29, 1.82) is 0 Å². The van der Waals surface area contributed by atoms with Crippen molar-refractivity contribution in [1.82, 2.24) is 0 Å². The summed E-state index contributed by atoms with van der Waals surface area (Å²) in [6, 6.07) is 10.1. The Labute approximate surface area is 121 Å². The molecule has 4 heteroatoms. The van der Waals surface area contributed by atoms with Gasteiger partial charge in [0.15, 0.2) is 0 Å². The molecule has 0 aliphatic heterocycles. The molecule has 0 spiro atoms. The van der Waals surface area contributed by atoms with Crippen LogP contribution in [0.25, 0.3) is 10.4 Å². The first-order valence-electron chi connectivity index (χ1n) is 5.96. The molecule has 1 nitrogen and oxygen atoms in total. The number of nitrogens with two attached hydrogens (primary N) is 1. The van der Waals surface area contributed by atoms with Gasteiger partial charge in [-0.15, -0.1) is 11.3 Å². The molecule has 0 radical (unpaired) electrons. The zero-order chi connectivity index (χ0) is 12.7. The van der Waals surface area contributed by atoms with Crippen molar-refractivity contribution in [3.8, 4) is 10.4 Å². The van der Waals surface area contributed by atoms with E-state index in [-0.39, 0.29) is 6.04 Å². The van der Waals surface area contributed by atoms with E-state index in [1.54, 1.807) is 17.4 Å². The van der Waals surface area contributed by atoms with Gasteiger partial charge in [0.2, 0.25) is 0 Å². The summed E-state index contributed by atoms with van der Waals surface area (Å²) in [6.07, 6.45) is 2.51. The Hall–Kier alpha value is -0.540. The first kappa shape index (κ1) is 12.5. The van der Waals surface area contributed by atoms with Gasteiger partial charge in [-0.2, -0.15) is 0 Å². The summed E-state index contributed by atoms with van der Waals surface area (Å²) in [5, 5.41) is 1.21. The molecule has 1 aromatic heterocycles. The zero-order valence-corrected chi connectivity index (χ0v) is 12.0. The second-order valence-corrected chi connectivity index (χ2v) is 6.57. The van der Waals surface area contributed by atoms with Crippen LogP contribution in [0.2, 0.25) is 10.0 Å². The van der Waals surface area contributed by atoms with E-state index in [9.17, 15) is 0 Å². The predicted octanol–water partition coefficient (Wildman–Crippen LogP) is 5.13. The van der Waals surface area contributed by atoms with Crippen LogP contribution in [-0.4, -0.2) is 0 Å². The number of benzene rings is 1. The van der Waals surface area contributed by atoms with Gasteiger partial charge in [-0.05, 0) is 37.0 Å². The zero-order valence-electron chi connectivity index (χ0n) is 9.70. The third-order valence-corrected chi connectivity index (χ3v) is 5.34. The molecule has 1 fully saturated rings. The molecule has 1 aromatic carbocycles. The Balaban J connectivity index is 1.94. The van der Waals surface area contributed by atoms with Crippen molar-refractivity contribution >= 4 is 34.5 Å². The van der Waals surface area contributed by atoms with Gasteiger partial charge < -0.3 is 5.73 Å². The van der Waals surface area contributed by atoms with Crippen LogP contribution >= 0.6 is 34.5 Å². The van der Waals surface area contributed by atoms with E-state index in [4.69, 9.17) is 28.9 Å². The number of hydrogen-bond donors (Lipinski definition) is 1. The van der Waals surface area contributed by atoms with Crippen LogP contribution in [0.15, 0.2) is 30.3 Å². The van der Waals surface area contributed by atoms with Crippen LogP contribution in [0.4, 0.5) is 0 Å². The summed E-state index contributed by atoms with van der Waals surface area (Å²) in [5.41, 5.74) is 7.20. The molecule has 1 heterocycles. The minimum Gasteiger partial charge on any atom is -0.323 e. The minimum atomic E-state index is 0.182. The highest BCUT2D eigenvalue weighted by atomic mass is 35.5. The molecule has 2 N–H and O–H groups in total. The van der Waals surface area contributed by atoms with Crippen LogP contribution in [0.3, 0.4) is 0 Å². The normalized spacial score (nSPS) is 16.8. The third kappa shape index (κ3) is 2.30. The summed E-state index contributed by atoms with van der Waals surface area (Å²) in [4.78, 5) is 2.37. The first-order valence-corrected chi connectivity index (χ1v) is 7.54. The molecule has 1 aliphatic carbocycles. The fourth-order valence-electron chi connectivity index (χ4n) is 2.06. The van der Waals surface area contributed by atoms with Gasteiger partial charge in [-0.3, -0.25) is 0 Å². The fraction of sp³-hybridized carbons (Fsp3) is 0.286. The van der Waals surface area contributed by atoms with Crippen molar-refractivity contribution in [3.63, 3.8) is 0 Å². The number of hydrogen-bond acceptors (Lipinski definition) is 2. The highest BCUT2D eigenvalue weighted by Crippen LogP contribution is 2.44. The van der Waals surface area contributed by atoms with Crippen molar-refractivity contribution in [2.75, 3.05) is 0 Å². The molecule has 18 heavy (non-hydrogen) atoms. The lowest BCUT2D eigenvalue weighted by molar-refractivity contribution is 0.645. The van der Waals surface area contributed by atoms with Crippen molar-refractivity contribution < 1.29 is 0 Å². The van der Waals surface area contributed by atoms with Crippen LogP contribution in [0, 0.1) is 5.92 Å². The van der Waals surface area contributed by atoms with Crippen LogP contribution < -0.4 is 5.73 Å². The van der Waals surface area contributed by atoms with Gasteiger partial charge in [-0.25, -0.2) is 0 Å².